The van der Waals surface area contributed by atoms with Gasteiger partial charge in [-0.2, -0.15) is 0 Å². The van der Waals surface area contributed by atoms with Gasteiger partial charge in [-0.15, -0.1) is 0 Å². The van der Waals surface area contributed by atoms with E-state index in [9.17, 15) is 0 Å². The van der Waals surface area contributed by atoms with Gasteiger partial charge in [0.15, 0.2) is 0 Å². The normalized spacial score (nSPS) is 19.8. The molecule has 1 aliphatic heterocycles. The van der Waals surface area contributed by atoms with Crippen molar-refractivity contribution in [1.82, 2.24) is 5.32 Å². The lowest BCUT2D eigenvalue weighted by Gasteiger charge is -2.42. The third-order valence-corrected chi connectivity index (χ3v) is 5.36. The number of rotatable bonds is 3. The van der Waals surface area contributed by atoms with Gasteiger partial charge in [0.05, 0.1) is 0 Å². The Labute approximate surface area is 144 Å². The number of nitrogens with one attached hydrogen (secondary N) is 1. The summed E-state index contributed by atoms with van der Waals surface area (Å²) in [5.41, 5.74) is 4.28. The zero-order valence-corrected chi connectivity index (χ0v) is 13.9. The minimum Gasteiger partial charge on any atom is -0.309 e. The topological polar surface area (TPSA) is 12.0 Å². The molecule has 1 nitrogen and oxygen atoms in total. The van der Waals surface area contributed by atoms with E-state index < -0.39 is 0 Å². The average Bonchev–Trinajstić information content (AvgIpc) is 2.70. The van der Waals surface area contributed by atoms with Crippen molar-refractivity contribution in [3.05, 3.63) is 108 Å². The molecule has 0 aliphatic carbocycles. The molecule has 1 heteroatoms. The highest BCUT2D eigenvalue weighted by molar-refractivity contribution is 5.41. The Morgan fingerprint density at radius 1 is 0.667 bits per heavy atom. The Kier molecular flexibility index (Phi) is 4.18. The molecular weight excluding hydrogens is 290 g/mol. The summed E-state index contributed by atoms with van der Waals surface area (Å²) in [7, 11) is 0. The fourth-order valence-electron chi connectivity index (χ4n) is 4.02. The monoisotopic (exact) mass is 313 g/mol. The molecule has 0 spiro atoms. The minimum absolute atomic E-state index is 0.0633. The average molecular weight is 313 g/mol. The van der Waals surface area contributed by atoms with Gasteiger partial charge in [-0.05, 0) is 29.5 Å². The van der Waals surface area contributed by atoms with E-state index in [-0.39, 0.29) is 5.41 Å². The summed E-state index contributed by atoms with van der Waals surface area (Å²) >= 11 is 0. The molecular formula is C23H23N. The molecule has 1 saturated heterocycles. The SMILES string of the molecule is c1ccc(C2CCC(c3ccccc3)(c3ccccc3)CN2)cc1. The molecule has 0 radical (unpaired) electrons. The fourth-order valence-corrected chi connectivity index (χ4v) is 4.02. The maximum absolute atomic E-state index is 3.82. The molecule has 1 N–H and O–H groups in total. The Morgan fingerprint density at radius 3 is 1.62 bits per heavy atom. The van der Waals surface area contributed by atoms with Crippen LogP contribution in [0.5, 0.6) is 0 Å². The maximum atomic E-state index is 3.82. The van der Waals surface area contributed by atoms with E-state index >= 15 is 0 Å². The Hall–Kier alpha value is -2.38. The smallest absolute Gasteiger partial charge is 0.0328 e. The summed E-state index contributed by atoms with van der Waals surface area (Å²) in [6.07, 6.45) is 2.31. The number of hydrogen-bond acceptors (Lipinski definition) is 1. The molecule has 1 unspecified atom stereocenters. The van der Waals surface area contributed by atoms with E-state index in [1.807, 2.05) is 0 Å². The number of piperidine rings is 1. The van der Waals surface area contributed by atoms with Gasteiger partial charge in [-0.25, -0.2) is 0 Å². The van der Waals surface area contributed by atoms with Gasteiger partial charge in [-0.3, -0.25) is 0 Å². The molecule has 0 amide bonds. The van der Waals surface area contributed by atoms with Crippen LogP contribution < -0.4 is 5.32 Å². The first kappa shape index (κ1) is 15.2. The fraction of sp³-hybridized carbons (Fsp3) is 0.217. The first-order valence-electron chi connectivity index (χ1n) is 8.78. The van der Waals surface area contributed by atoms with Gasteiger partial charge in [0.2, 0.25) is 0 Å². The molecule has 24 heavy (non-hydrogen) atoms. The molecule has 1 atom stereocenters. The third-order valence-electron chi connectivity index (χ3n) is 5.36. The molecule has 0 aromatic heterocycles. The van der Waals surface area contributed by atoms with E-state index in [1.54, 1.807) is 0 Å². The lowest BCUT2D eigenvalue weighted by Crippen LogP contribution is -2.45. The van der Waals surface area contributed by atoms with E-state index in [4.69, 9.17) is 0 Å². The van der Waals surface area contributed by atoms with Crippen molar-refractivity contribution in [2.24, 2.45) is 0 Å². The summed E-state index contributed by atoms with van der Waals surface area (Å²) in [5.74, 6) is 0. The van der Waals surface area contributed by atoms with Gasteiger partial charge in [0, 0.05) is 18.0 Å². The quantitative estimate of drug-likeness (QED) is 0.709. The van der Waals surface area contributed by atoms with Gasteiger partial charge >= 0.3 is 0 Å². The van der Waals surface area contributed by atoms with Crippen molar-refractivity contribution in [1.29, 1.82) is 0 Å². The summed E-state index contributed by atoms with van der Waals surface area (Å²) in [6.45, 7) is 0.973. The van der Waals surface area contributed by atoms with E-state index in [0.717, 1.165) is 19.4 Å². The van der Waals surface area contributed by atoms with Gasteiger partial charge in [-0.1, -0.05) is 91.0 Å². The minimum atomic E-state index is 0.0633. The maximum Gasteiger partial charge on any atom is 0.0328 e. The van der Waals surface area contributed by atoms with Crippen LogP contribution in [0.2, 0.25) is 0 Å². The zero-order chi connectivity index (χ0) is 16.2. The van der Waals surface area contributed by atoms with Crippen LogP contribution in [-0.2, 0) is 5.41 Å². The highest BCUT2D eigenvalue weighted by Crippen LogP contribution is 2.41. The second-order valence-corrected chi connectivity index (χ2v) is 6.70. The molecule has 1 fully saturated rings. The second kappa shape index (κ2) is 6.62. The van der Waals surface area contributed by atoms with Crippen LogP contribution in [-0.4, -0.2) is 6.54 Å². The molecule has 1 aliphatic rings. The lowest BCUT2D eigenvalue weighted by atomic mass is 9.68. The highest BCUT2D eigenvalue weighted by atomic mass is 14.9. The van der Waals surface area contributed by atoms with Gasteiger partial charge in [0.1, 0.15) is 0 Å². The molecule has 3 aromatic rings. The molecule has 0 saturated carbocycles. The van der Waals surface area contributed by atoms with Crippen LogP contribution in [0.4, 0.5) is 0 Å². The largest absolute Gasteiger partial charge is 0.309 e. The van der Waals surface area contributed by atoms with E-state index in [1.165, 1.54) is 16.7 Å². The van der Waals surface area contributed by atoms with Crippen molar-refractivity contribution in [3.8, 4) is 0 Å². The van der Waals surface area contributed by atoms with Crippen LogP contribution in [0.3, 0.4) is 0 Å². The van der Waals surface area contributed by atoms with Crippen LogP contribution in [0.25, 0.3) is 0 Å². The summed E-state index contributed by atoms with van der Waals surface area (Å²) in [6, 6.07) is 33.2. The van der Waals surface area contributed by atoms with Gasteiger partial charge in [0.25, 0.3) is 0 Å². The first-order chi connectivity index (χ1) is 11.9. The lowest BCUT2D eigenvalue weighted by molar-refractivity contribution is 0.304. The number of benzene rings is 3. The molecule has 0 bridgehead atoms. The predicted octanol–water partition coefficient (Wildman–Crippen LogP) is 5.10. The van der Waals surface area contributed by atoms with Gasteiger partial charge < -0.3 is 5.32 Å². The van der Waals surface area contributed by atoms with Crippen LogP contribution >= 0.6 is 0 Å². The van der Waals surface area contributed by atoms with Crippen molar-refractivity contribution in [2.75, 3.05) is 6.54 Å². The van der Waals surface area contributed by atoms with Crippen LogP contribution in [0.15, 0.2) is 91.0 Å². The third kappa shape index (κ3) is 2.76. The summed E-state index contributed by atoms with van der Waals surface area (Å²) in [4.78, 5) is 0. The molecule has 120 valence electrons. The van der Waals surface area contributed by atoms with Crippen LogP contribution in [0, 0.1) is 0 Å². The Balaban J connectivity index is 1.67. The van der Waals surface area contributed by atoms with Crippen LogP contribution in [0.1, 0.15) is 35.6 Å². The Morgan fingerprint density at radius 2 is 1.17 bits per heavy atom. The van der Waals surface area contributed by atoms with Crippen molar-refractivity contribution < 1.29 is 0 Å². The molecule has 4 rings (SSSR count). The highest BCUT2D eigenvalue weighted by Gasteiger charge is 2.38. The van der Waals surface area contributed by atoms with Crippen molar-refractivity contribution >= 4 is 0 Å². The molecule has 1 heterocycles. The molecule has 3 aromatic carbocycles. The second-order valence-electron chi connectivity index (χ2n) is 6.70. The van der Waals surface area contributed by atoms with E-state index in [2.05, 4.69) is 96.3 Å². The van der Waals surface area contributed by atoms with E-state index in [0.29, 0.717) is 6.04 Å². The van der Waals surface area contributed by atoms with Crippen molar-refractivity contribution in [2.45, 2.75) is 24.3 Å². The predicted molar refractivity (Wildman–Crippen MR) is 100 cm³/mol. The number of hydrogen-bond donors (Lipinski definition) is 1. The van der Waals surface area contributed by atoms with Crippen molar-refractivity contribution in [3.63, 3.8) is 0 Å². The summed E-state index contributed by atoms with van der Waals surface area (Å²) in [5, 5.41) is 3.82. The zero-order valence-electron chi connectivity index (χ0n) is 13.9. The Bertz CT molecular complexity index is 715. The first-order valence-corrected chi connectivity index (χ1v) is 8.78. The summed E-state index contributed by atoms with van der Waals surface area (Å²) < 4.78 is 0. The standard InChI is InChI=1S/C23H23N/c1-4-10-19(11-5-1)22-16-17-23(18-24-22,20-12-6-2-7-13-20)21-14-8-3-9-15-21/h1-15,22,24H,16-18H2.